The summed E-state index contributed by atoms with van der Waals surface area (Å²) in [7, 11) is 1.71. The van der Waals surface area contributed by atoms with Crippen LogP contribution in [0.3, 0.4) is 0 Å². The molecule has 4 nitrogen and oxygen atoms in total. The van der Waals surface area contributed by atoms with Gasteiger partial charge in [0.25, 0.3) is 0 Å². The van der Waals surface area contributed by atoms with Gasteiger partial charge in [-0.05, 0) is 32.1 Å². The molecule has 0 aliphatic heterocycles. The molecule has 0 aromatic heterocycles. The van der Waals surface area contributed by atoms with Crippen molar-refractivity contribution < 1.29 is 9.53 Å². The van der Waals surface area contributed by atoms with Crippen LogP contribution in [0.2, 0.25) is 0 Å². The Bertz CT molecular complexity index is 239. The van der Waals surface area contributed by atoms with Crippen LogP contribution in [0.15, 0.2) is 0 Å². The number of methoxy groups -OCH3 is 1. The van der Waals surface area contributed by atoms with E-state index in [1.165, 1.54) is 6.42 Å². The predicted molar refractivity (Wildman–Crippen MR) is 52.8 cm³/mol. The molecule has 0 atom stereocenters. The highest BCUT2D eigenvalue weighted by molar-refractivity contribution is 5.89. The highest BCUT2D eigenvalue weighted by Crippen LogP contribution is 2.35. The molecule has 2 fully saturated rings. The number of nitrogens with one attached hydrogen (secondary N) is 1. The molecule has 2 rings (SSSR count). The molecule has 0 aromatic rings. The Morgan fingerprint density at radius 3 is 2.43 bits per heavy atom. The second-order valence-electron chi connectivity index (χ2n) is 4.58. The van der Waals surface area contributed by atoms with E-state index in [1.54, 1.807) is 7.11 Å². The van der Waals surface area contributed by atoms with Gasteiger partial charge in [0, 0.05) is 13.7 Å². The number of carbonyl (C=O) groups excluding carboxylic acids is 1. The van der Waals surface area contributed by atoms with Gasteiger partial charge in [-0.3, -0.25) is 4.79 Å². The molecule has 0 bridgehead atoms. The van der Waals surface area contributed by atoms with Crippen molar-refractivity contribution in [2.45, 2.75) is 43.2 Å². The van der Waals surface area contributed by atoms with Crippen molar-refractivity contribution in [1.29, 1.82) is 0 Å². The Hall–Kier alpha value is -0.610. The van der Waals surface area contributed by atoms with Gasteiger partial charge >= 0.3 is 0 Å². The molecule has 14 heavy (non-hydrogen) atoms. The molecule has 80 valence electrons. The van der Waals surface area contributed by atoms with Crippen molar-refractivity contribution in [3.63, 3.8) is 0 Å². The molecule has 0 radical (unpaired) electrons. The molecule has 0 heterocycles. The molecule has 0 unspecified atom stereocenters. The molecular formula is C10H18N2O2. The second kappa shape index (κ2) is 3.21. The number of rotatable bonds is 4. The average Bonchev–Trinajstić information content (AvgIpc) is 2.84. The van der Waals surface area contributed by atoms with Crippen molar-refractivity contribution in [2.75, 3.05) is 13.7 Å². The second-order valence-corrected chi connectivity index (χ2v) is 4.58. The third-order valence-corrected chi connectivity index (χ3v) is 3.51. The Morgan fingerprint density at radius 1 is 1.43 bits per heavy atom. The van der Waals surface area contributed by atoms with Crippen LogP contribution in [-0.2, 0) is 9.53 Å². The van der Waals surface area contributed by atoms with E-state index in [-0.39, 0.29) is 11.5 Å². The quantitative estimate of drug-likeness (QED) is 0.676. The molecule has 0 saturated heterocycles. The van der Waals surface area contributed by atoms with Crippen LogP contribution >= 0.6 is 0 Å². The lowest BCUT2D eigenvalue weighted by Crippen LogP contribution is -2.53. The van der Waals surface area contributed by atoms with E-state index in [4.69, 9.17) is 10.5 Å². The number of carbonyl (C=O) groups is 1. The van der Waals surface area contributed by atoms with Gasteiger partial charge in [-0.1, -0.05) is 0 Å². The Labute approximate surface area is 84.2 Å². The lowest BCUT2D eigenvalue weighted by molar-refractivity contribution is -0.127. The maximum atomic E-state index is 11.5. The summed E-state index contributed by atoms with van der Waals surface area (Å²) in [5, 5.41) is 2.89. The molecule has 3 N–H and O–H groups in total. The van der Waals surface area contributed by atoms with Crippen molar-refractivity contribution in [3.8, 4) is 0 Å². The van der Waals surface area contributed by atoms with Gasteiger partial charge in [0.1, 0.15) is 0 Å². The van der Waals surface area contributed by atoms with Crippen molar-refractivity contribution >= 4 is 5.91 Å². The van der Waals surface area contributed by atoms with E-state index in [9.17, 15) is 4.79 Å². The van der Waals surface area contributed by atoms with E-state index in [0.29, 0.717) is 6.54 Å². The minimum Gasteiger partial charge on any atom is -0.376 e. The summed E-state index contributed by atoms with van der Waals surface area (Å²) in [6, 6.07) is 0. The normalized spacial score (nSPS) is 26.4. The molecule has 0 aromatic carbocycles. The largest absolute Gasteiger partial charge is 0.376 e. The van der Waals surface area contributed by atoms with Gasteiger partial charge < -0.3 is 15.8 Å². The van der Waals surface area contributed by atoms with Crippen LogP contribution in [0, 0.1) is 0 Å². The number of hydrogen-bond donors (Lipinski definition) is 2. The molecule has 2 aliphatic carbocycles. The summed E-state index contributed by atoms with van der Waals surface area (Å²) >= 11 is 0. The SMILES string of the molecule is COC1(CNC(=O)C2(N)CC2)CCC1. The van der Waals surface area contributed by atoms with Gasteiger partial charge in [0.05, 0.1) is 11.1 Å². The maximum absolute atomic E-state index is 11.5. The number of hydrogen-bond acceptors (Lipinski definition) is 3. The maximum Gasteiger partial charge on any atom is 0.240 e. The van der Waals surface area contributed by atoms with Gasteiger partial charge in [0.2, 0.25) is 5.91 Å². The van der Waals surface area contributed by atoms with Gasteiger partial charge in [-0.15, -0.1) is 0 Å². The van der Waals surface area contributed by atoms with E-state index in [1.807, 2.05) is 0 Å². The smallest absolute Gasteiger partial charge is 0.240 e. The fourth-order valence-electron chi connectivity index (χ4n) is 1.80. The zero-order chi connectivity index (χ0) is 10.2. The van der Waals surface area contributed by atoms with Crippen molar-refractivity contribution in [1.82, 2.24) is 5.32 Å². The van der Waals surface area contributed by atoms with Crippen LogP contribution in [-0.4, -0.2) is 30.7 Å². The third-order valence-electron chi connectivity index (χ3n) is 3.51. The molecule has 2 aliphatic rings. The zero-order valence-electron chi connectivity index (χ0n) is 8.64. The summed E-state index contributed by atoms with van der Waals surface area (Å²) in [6.45, 7) is 0.612. The van der Waals surface area contributed by atoms with Crippen LogP contribution in [0.1, 0.15) is 32.1 Å². The fraction of sp³-hybridized carbons (Fsp3) is 0.900. The Balaban J connectivity index is 1.79. The van der Waals surface area contributed by atoms with Crippen LogP contribution < -0.4 is 11.1 Å². The van der Waals surface area contributed by atoms with E-state index < -0.39 is 5.54 Å². The van der Waals surface area contributed by atoms with Crippen LogP contribution in [0.25, 0.3) is 0 Å². The van der Waals surface area contributed by atoms with Gasteiger partial charge in [-0.2, -0.15) is 0 Å². The number of amides is 1. The highest BCUT2D eigenvalue weighted by Gasteiger charge is 2.47. The third kappa shape index (κ3) is 1.64. The Morgan fingerprint density at radius 2 is 2.07 bits per heavy atom. The number of nitrogens with two attached hydrogens (primary N) is 1. The van der Waals surface area contributed by atoms with E-state index in [0.717, 1.165) is 25.7 Å². The minimum atomic E-state index is -0.557. The first-order valence-corrected chi connectivity index (χ1v) is 5.23. The predicted octanol–water partition coefficient (Wildman–Crippen LogP) is 0.163. The molecular weight excluding hydrogens is 180 g/mol. The van der Waals surface area contributed by atoms with Crippen molar-refractivity contribution in [2.24, 2.45) is 5.73 Å². The van der Waals surface area contributed by atoms with Gasteiger partial charge in [0.15, 0.2) is 0 Å². The first kappa shape index (κ1) is 9.93. The minimum absolute atomic E-state index is 0.0131. The summed E-state index contributed by atoms with van der Waals surface area (Å²) < 4.78 is 5.40. The molecule has 2 saturated carbocycles. The summed E-state index contributed by atoms with van der Waals surface area (Å²) in [4.78, 5) is 11.5. The standard InChI is InChI=1S/C10H18N2O2/c1-14-9(3-2-4-9)7-12-8(13)10(11)5-6-10/h2-7,11H2,1H3,(H,12,13). The van der Waals surface area contributed by atoms with Crippen LogP contribution in [0.4, 0.5) is 0 Å². The Kier molecular flexibility index (Phi) is 2.27. The lowest BCUT2D eigenvalue weighted by Gasteiger charge is -2.40. The molecule has 0 spiro atoms. The topological polar surface area (TPSA) is 64.3 Å². The lowest BCUT2D eigenvalue weighted by atomic mass is 9.80. The zero-order valence-corrected chi connectivity index (χ0v) is 8.64. The fourth-order valence-corrected chi connectivity index (χ4v) is 1.80. The number of ether oxygens (including phenoxy) is 1. The summed E-state index contributed by atoms with van der Waals surface area (Å²) in [5.74, 6) is -0.0131. The van der Waals surface area contributed by atoms with Crippen LogP contribution in [0.5, 0.6) is 0 Å². The van der Waals surface area contributed by atoms with Gasteiger partial charge in [-0.25, -0.2) is 0 Å². The average molecular weight is 198 g/mol. The van der Waals surface area contributed by atoms with E-state index in [2.05, 4.69) is 5.32 Å². The monoisotopic (exact) mass is 198 g/mol. The summed E-state index contributed by atoms with van der Waals surface area (Å²) in [5.41, 5.74) is 5.11. The summed E-state index contributed by atoms with van der Waals surface area (Å²) in [6.07, 6.45) is 4.91. The molecule has 1 amide bonds. The highest BCUT2D eigenvalue weighted by atomic mass is 16.5. The molecule has 4 heteroatoms. The first-order valence-electron chi connectivity index (χ1n) is 5.23. The van der Waals surface area contributed by atoms with E-state index >= 15 is 0 Å². The first-order chi connectivity index (χ1) is 6.60. The van der Waals surface area contributed by atoms with Crippen molar-refractivity contribution in [3.05, 3.63) is 0 Å².